The first-order chi connectivity index (χ1) is 9.79. The maximum atomic E-state index is 6.15. The number of ether oxygens (including phenoxy) is 1. The van der Waals surface area contributed by atoms with Crippen molar-refractivity contribution in [3.05, 3.63) is 78.4 Å². The van der Waals surface area contributed by atoms with Crippen molar-refractivity contribution in [1.29, 1.82) is 0 Å². The van der Waals surface area contributed by atoms with Gasteiger partial charge in [0.05, 0.1) is 0 Å². The Balaban J connectivity index is 1.97. The van der Waals surface area contributed by atoms with Crippen LogP contribution in [0.5, 0.6) is 5.75 Å². The quantitative estimate of drug-likeness (QED) is 0.762. The van der Waals surface area contributed by atoms with Gasteiger partial charge in [-0.2, -0.15) is 0 Å². The van der Waals surface area contributed by atoms with Crippen LogP contribution in [0.3, 0.4) is 0 Å². The lowest BCUT2D eigenvalue weighted by atomic mass is 10.0. The standard InChI is InChI=1S/C18H21NO/c1-2-3-12-18(19)16-10-7-11-17(13-16)20-14-15-8-5-4-6-9-15/h2,4-11,13,18H,1,3,12,14,19H2. The Hall–Kier alpha value is -2.06. The van der Waals surface area contributed by atoms with Gasteiger partial charge in [-0.1, -0.05) is 48.5 Å². The lowest BCUT2D eigenvalue weighted by molar-refractivity contribution is 0.305. The van der Waals surface area contributed by atoms with Crippen LogP contribution in [0.4, 0.5) is 0 Å². The van der Waals surface area contributed by atoms with Crippen LogP contribution >= 0.6 is 0 Å². The van der Waals surface area contributed by atoms with Gasteiger partial charge in [-0.15, -0.1) is 6.58 Å². The Kier molecular flexibility index (Phi) is 5.39. The summed E-state index contributed by atoms with van der Waals surface area (Å²) in [6, 6.07) is 18.2. The minimum absolute atomic E-state index is 0.0354. The second-order valence-electron chi connectivity index (χ2n) is 4.82. The third-order valence-corrected chi connectivity index (χ3v) is 3.22. The molecule has 20 heavy (non-hydrogen) atoms. The van der Waals surface area contributed by atoms with Crippen LogP contribution < -0.4 is 10.5 Å². The average Bonchev–Trinajstić information content (AvgIpc) is 2.52. The molecule has 0 aliphatic heterocycles. The topological polar surface area (TPSA) is 35.2 Å². The molecular formula is C18H21NO. The molecule has 0 aliphatic rings. The fourth-order valence-electron chi connectivity index (χ4n) is 2.04. The van der Waals surface area contributed by atoms with Gasteiger partial charge in [-0.3, -0.25) is 0 Å². The molecule has 0 aromatic heterocycles. The van der Waals surface area contributed by atoms with E-state index in [4.69, 9.17) is 10.5 Å². The molecule has 1 atom stereocenters. The van der Waals surface area contributed by atoms with Crippen molar-refractivity contribution < 1.29 is 4.74 Å². The predicted molar refractivity (Wildman–Crippen MR) is 83.6 cm³/mol. The van der Waals surface area contributed by atoms with Crippen molar-refractivity contribution in [3.63, 3.8) is 0 Å². The van der Waals surface area contributed by atoms with Crippen LogP contribution in [0, 0.1) is 0 Å². The second-order valence-corrected chi connectivity index (χ2v) is 4.82. The van der Waals surface area contributed by atoms with Gasteiger partial charge in [-0.25, -0.2) is 0 Å². The first-order valence-electron chi connectivity index (χ1n) is 6.93. The molecule has 0 saturated carbocycles. The van der Waals surface area contributed by atoms with E-state index in [2.05, 4.69) is 18.7 Å². The number of nitrogens with two attached hydrogens (primary N) is 1. The second kappa shape index (κ2) is 7.51. The van der Waals surface area contributed by atoms with Gasteiger partial charge in [0.2, 0.25) is 0 Å². The van der Waals surface area contributed by atoms with Crippen molar-refractivity contribution >= 4 is 0 Å². The zero-order valence-electron chi connectivity index (χ0n) is 11.7. The summed E-state index contributed by atoms with van der Waals surface area (Å²) in [5.41, 5.74) is 8.42. The van der Waals surface area contributed by atoms with Gasteiger partial charge in [0.15, 0.2) is 0 Å². The van der Waals surface area contributed by atoms with E-state index in [-0.39, 0.29) is 6.04 Å². The highest BCUT2D eigenvalue weighted by atomic mass is 16.5. The summed E-state index contributed by atoms with van der Waals surface area (Å²) in [4.78, 5) is 0. The number of rotatable bonds is 7. The van der Waals surface area contributed by atoms with Gasteiger partial charge in [-0.05, 0) is 36.1 Å². The van der Waals surface area contributed by atoms with E-state index in [1.807, 2.05) is 48.5 Å². The molecule has 1 unspecified atom stereocenters. The molecule has 0 fully saturated rings. The molecule has 2 heteroatoms. The highest BCUT2D eigenvalue weighted by Gasteiger charge is 2.06. The van der Waals surface area contributed by atoms with E-state index in [1.54, 1.807) is 0 Å². The largest absolute Gasteiger partial charge is 0.489 e. The molecule has 0 amide bonds. The summed E-state index contributed by atoms with van der Waals surface area (Å²) in [5, 5.41) is 0. The molecule has 0 spiro atoms. The molecule has 2 aromatic rings. The summed E-state index contributed by atoms with van der Waals surface area (Å²) >= 11 is 0. The molecule has 2 N–H and O–H groups in total. The van der Waals surface area contributed by atoms with Gasteiger partial charge in [0, 0.05) is 6.04 Å². The molecule has 2 rings (SSSR count). The summed E-state index contributed by atoms with van der Waals surface area (Å²) in [5.74, 6) is 0.861. The average molecular weight is 267 g/mol. The zero-order chi connectivity index (χ0) is 14.2. The maximum absolute atomic E-state index is 6.15. The summed E-state index contributed by atoms with van der Waals surface area (Å²) in [6.45, 7) is 4.30. The zero-order valence-corrected chi connectivity index (χ0v) is 11.7. The molecule has 0 heterocycles. The van der Waals surface area contributed by atoms with Gasteiger partial charge < -0.3 is 10.5 Å². The van der Waals surface area contributed by atoms with Gasteiger partial charge in [0.25, 0.3) is 0 Å². The maximum Gasteiger partial charge on any atom is 0.120 e. The fourth-order valence-corrected chi connectivity index (χ4v) is 2.04. The molecule has 0 aliphatic carbocycles. The minimum Gasteiger partial charge on any atom is -0.489 e. The third kappa shape index (κ3) is 4.25. The van der Waals surface area contributed by atoms with Crippen LogP contribution in [0.25, 0.3) is 0 Å². The lowest BCUT2D eigenvalue weighted by Crippen LogP contribution is -2.09. The van der Waals surface area contributed by atoms with E-state index in [0.717, 1.165) is 29.7 Å². The van der Waals surface area contributed by atoms with Crippen molar-refractivity contribution in [2.24, 2.45) is 5.73 Å². The fraction of sp³-hybridized carbons (Fsp3) is 0.222. The van der Waals surface area contributed by atoms with E-state index < -0.39 is 0 Å². The molecule has 2 aromatic carbocycles. The first-order valence-corrected chi connectivity index (χ1v) is 6.93. The van der Waals surface area contributed by atoms with Crippen LogP contribution in [-0.4, -0.2) is 0 Å². The molecule has 104 valence electrons. The Bertz CT molecular complexity index is 536. The number of benzene rings is 2. The number of hydrogen-bond acceptors (Lipinski definition) is 2. The first kappa shape index (κ1) is 14.4. The Morgan fingerprint density at radius 1 is 1.10 bits per heavy atom. The van der Waals surface area contributed by atoms with Crippen molar-refractivity contribution in [3.8, 4) is 5.75 Å². The van der Waals surface area contributed by atoms with Crippen molar-refractivity contribution in [2.45, 2.75) is 25.5 Å². The lowest BCUT2D eigenvalue weighted by Gasteiger charge is -2.13. The highest BCUT2D eigenvalue weighted by Crippen LogP contribution is 2.21. The van der Waals surface area contributed by atoms with E-state index in [9.17, 15) is 0 Å². The van der Waals surface area contributed by atoms with Crippen LogP contribution in [0.1, 0.15) is 30.0 Å². The summed E-state index contributed by atoms with van der Waals surface area (Å²) < 4.78 is 5.81. The normalized spacial score (nSPS) is 11.8. The smallest absolute Gasteiger partial charge is 0.120 e. The Morgan fingerprint density at radius 3 is 2.65 bits per heavy atom. The SMILES string of the molecule is C=CCCC(N)c1cccc(OCc2ccccc2)c1. The number of hydrogen-bond donors (Lipinski definition) is 1. The minimum atomic E-state index is 0.0354. The van der Waals surface area contributed by atoms with Gasteiger partial charge >= 0.3 is 0 Å². The third-order valence-electron chi connectivity index (χ3n) is 3.22. The molecular weight excluding hydrogens is 246 g/mol. The van der Waals surface area contributed by atoms with Crippen molar-refractivity contribution in [1.82, 2.24) is 0 Å². The predicted octanol–water partition coefficient (Wildman–Crippen LogP) is 4.23. The number of allylic oxidation sites excluding steroid dienone is 1. The highest BCUT2D eigenvalue weighted by molar-refractivity contribution is 5.30. The summed E-state index contributed by atoms with van der Waals surface area (Å²) in [7, 11) is 0. The van der Waals surface area contributed by atoms with E-state index in [0.29, 0.717) is 6.61 Å². The van der Waals surface area contributed by atoms with Crippen LogP contribution in [0.2, 0.25) is 0 Å². The van der Waals surface area contributed by atoms with E-state index >= 15 is 0 Å². The van der Waals surface area contributed by atoms with Crippen LogP contribution in [0.15, 0.2) is 67.3 Å². The van der Waals surface area contributed by atoms with Gasteiger partial charge in [0.1, 0.15) is 12.4 Å². The van der Waals surface area contributed by atoms with E-state index in [1.165, 1.54) is 0 Å². The molecule has 2 nitrogen and oxygen atoms in total. The summed E-state index contributed by atoms with van der Waals surface area (Å²) in [6.07, 6.45) is 3.73. The van der Waals surface area contributed by atoms with Crippen molar-refractivity contribution in [2.75, 3.05) is 0 Å². The van der Waals surface area contributed by atoms with Crippen LogP contribution in [-0.2, 0) is 6.61 Å². The molecule has 0 saturated heterocycles. The monoisotopic (exact) mass is 267 g/mol. The Morgan fingerprint density at radius 2 is 1.90 bits per heavy atom. The molecule has 0 radical (unpaired) electrons. The Labute approximate surface area is 120 Å². The molecule has 0 bridgehead atoms.